The Morgan fingerprint density at radius 3 is 2.80 bits per heavy atom. The molecule has 0 aliphatic rings. The number of carboxylic acid groups (broad SMARTS) is 1. The molecule has 0 aliphatic heterocycles. The third kappa shape index (κ3) is 3.40. The first-order valence-electron chi connectivity index (χ1n) is 4.40. The predicted molar refractivity (Wildman–Crippen MR) is 57.1 cm³/mol. The molecule has 2 N–H and O–H groups in total. The van der Waals surface area contributed by atoms with Crippen molar-refractivity contribution in [3.63, 3.8) is 0 Å². The maximum absolute atomic E-state index is 12.9. The second kappa shape index (κ2) is 4.98. The monoisotopic (exact) mass is 231 g/mol. The molecule has 15 heavy (non-hydrogen) atoms. The molecule has 0 amide bonds. The number of rotatable bonds is 4. The van der Waals surface area contributed by atoms with Gasteiger partial charge in [-0.2, -0.15) is 0 Å². The number of carboxylic acids is 1. The molecule has 1 unspecified atom stereocenters. The van der Waals surface area contributed by atoms with Crippen molar-refractivity contribution in [1.82, 2.24) is 0 Å². The van der Waals surface area contributed by atoms with Crippen LogP contribution in [0.5, 0.6) is 0 Å². The molecule has 0 aromatic heterocycles. The van der Waals surface area contributed by atoms with E-state index in [1.165, 1.54) is 13.0 Å². The topological polar surface area (TPSA) is 49.3 Å². The van der Waals surface area contributed by atoms with Crippen LogP contribution in [0.1, 0.15) is 18.7 Å². The number of hydrogen-bond donors (Lipinski definition) is 2. The fourth-order valence-electron chi connectivity index (χ4n) is 1.09. The van der Waals surface area contributed by atoms with Gasteiger partial charge in [0, 0.05) is 0 Å². The van der Waals surface area contributed by atoms with Gasteiger partial charge in [0.2, 0.25) is 0 Å². The summed E-state index contributed by atoms with van der Waals surface area (Å²) in [6.45, 7) is 1.19. The fraction of sp³-hybridized carbons (Fsp3) is 0.300. The van der Waals surface area contributed by atoms with E-state index in [9.17, 15) is 9.18 Å². The molecule has 0 bridgehead atoms. The standard InChI is InChI=1S/C10H11ClFNO2/c1-6(12)7-2-3-9(8(11)4-7)13-5-10(14)15/h2-4,6,13H,5H2,1H3,(H,14,15). The van der Waals surface area contributed by atoms with E-state index >= 15 is 0 Å². The van der Waals surface area contributed by atoms with Crippen LogP contribution in [0.15, 0.2) is 18.2 Å². The van der Waals surface area contributed by atoms with Crippen LogP contribution in [0, 0.1) is 0 Å². The van der Waals surface area contributed by atoms with Gasteiger partial charge < -0.3 is 10.4 Å². The van der Waals surface area contributed by atoms with Crippen molar-refractivity contribution in [3.05, 3.63) is 28.8 Å². The smallest absolute Gasteiger partial charge is 0.322 e. The zero-order valence-corrected chi connectivity index (χ0v) is 8.88. The van der Waals surface area contributed by atoms with Gasteiger partial charge >= 0.3 is 5.97 Å². The van der Waals surface area contributed by atoms with E-state index in [4.69, 9.17) is 16.7 Å². The Labute approximate surface area is 91.9 Å². The van der Waals surface area contributed by atoms with Crippen molar-refractivity contribution < 1.29 is 14.3 Å². The molecule has 0 radical (unpaired) electrons. The summed E-state index contributed by atoms with van der Waals surface area (Å²) in [5.41, 5.74) is 0.962. The first kappa shape index (κ1) is 11.8. The Bertz CT molecular complexity index is 368. The molecular weight excluding hydrogens is 221 g/mol. The third-order valence-electron chi connectivity index (χ3n) is 1.88. The highest BCUT2D eigenvalue weighted by Crippen LogP contribution is 2.26. The van der Waals surface area contributed by atoms with Crippen molar-refractivity contribution in [2.75, 3.05) is 11.9 Å². The van der Waals surface area contributed by atoms with Gasteiger partial charge in [-0.1, -0.05) is 17.7 Å². The second-order valence-corrected chi connectivity index (χ2v) is 3.51. The lowest BCUT2D eigenvalue weighted by atomic mass is 10.1. The largest absolute Gasteiger partial charge is 0.480 e. The van der Waals surface area contributed by atoms with Crippen LogP contribution in [0.25, 0.3) is 0 Å². The first-order valence-corrected chi connectivity index (χ1v) is 4.77. The lowest BCUT2D eigenvalue weighted by Crippen LogP contribution is -2.12. The van der Waals surface area contributed by atoms with Crippen LogP contribution in [0.3, 0.4) is 0 Å². The summed E-state index contributed by atoms with van der Waals surface area (Å²) >= 11 is 5.83. The molecule has 1 rings (SSSR count). The number of halogens is 2. The Kier molecular flexibility index (Phi) is 3.91. The average molecular weight is 232 g/mol. The zero-order chi connectivity index (χ0) is 11.4. The molecule has 3 nitrogen and oxygen atoms in total. The van der Waals surface area contributed by atoms with Crippen LogP contribution >= 0.6 is 11.6 Å². The van der Waals surface area contributed by atoms with Crippen molar-refractivity contribution >= 4 is 23.3 Å². The van der Waals surface area contributed by atoms with Crippen LogP contribution in [-0.4, -0.2) is 17.6 Å². The number of nitrogens with one attached hydrogen (secondary N) is 1. The molecule has 0 saturated carbocycles. The van der Waals surface area contributed by atoms with Crippen molar-refractivity contribution in [1.29, 1.82) is 0 Å². The minimum Gasteiger partial charge on any atom is -0.480 e. The Morgan fingerprint density at radius 2 is 2.33 bits per heavy atom. The van der Waals surface area contributed by atoms with Crippen molar-refractivity contribution in [2.24, 2.45) is 0 Å². The fourth-order valence-corrected chi connectivity index (χ4v) is 1.35. The molecule has 82 valence electrons. The average Bonchev–Trinajstić information content (AvgIpc) is 2.15. The molecular formula is C10H11ClFNO2. The molecule has 1 aromatic carbocycles. The minimum absolute atomic E-state index is 0.218. The molecule has 0 fully saturated rings. The summed E-state index contributed by atoms with van der Waals surface area (Å²) in [4.78, 5) is 10.3. The molecule has 1 aromatic rings. The Hall–Kier alpha value is -1.29. The maximum Gasteiger partial charge on any atom is 0.322 e. The quantitative estimate of drug-likeness (QED) is 0.838. The van der Waals surface area contributed by atoms with Crippen molar-refractivity contribution in [3.8, 4) is 0 Å². The summed E-state index contributed by atoms with van der Waals surface area (Å²) in [7, 11) is 0. The summed E-state index contributed by atoms with van der Waals surface area (Å²) in [5.74, 6) is -0.978. The number of aliphatic carboxylic acids is 1. The molecule has 5 heteroatoms. The van der Waals surface area contributed by atoms with E-state index in [1.54, 1.807) is 12.1 Å². The third-order valence-corrected chi connectivity index (χ3v) is 2.20. The zero-order valence-electron chi connectivity index (χ0n) is 8.13. The molecule has 0 aliphatic carbocycles. The Morgan fingerprint density at radius 1 is 1.67 bits per heavy atom. The van der Waals surface area contributed by atoms with Gasteiger partial charge in [-0.15, -0.1) is 0 Å². The summed E-state index contributed by atoms with van der Waals surface area (Å²) in [5, 5.41) is 11.4. The normalized spacial score (nSPS) is 12.2. The van der Waals surface area contributed by atoms with Gasteiger partial charge in [-0.25, -0.2) is 4.39 Å². The number of alkyl halides is 1. The van der Waals surface area contributed by atoms with Gasteiger partial charge in [-0.05, 0) is 24.6 Å². The van der Waals surface area contributed by atoms with Gasteiger partial charge in [0.25, 0.3) is 0 Å². The summed E-state index contributed by atoms with van der Waals surface area (Å²) in [6, 6.07) is 4.62. The van der Waals surface area contributed by atoms with Gasteiger partial charge in [0.05, 0.1) is 10.7 Å². The summed E-state index contributed by atoms with van der Waals surface area (Å²) < 4.78 is 12.9. The minimum atomic E-state index is -1.09. The van der Waals surface area contributed by atoms with Gasteiger partial charge in [-0.3, -0.25) is 4.79 Å². The number of hydrogen-bond acceptors (Lipinski definition) is 2. The number of anilines is 1. The van der Waals surface area contributed by atoms with Crippen LogP contribution in [-0.2, 0) is 4.79 Å². The van der Waals surface area contributed by atoms with Gasteiger partial charge in [0.1, 0.15) is 12.7 Å². The lowest BCUT2D eigenvalue weighted by Gasteiger charge is -2.08. The van der Waals surface area contributed by atoms with Crippen LogP contribution in [0.2, 0.25) is 5.02 Å². The lowest BCUT2D eigenvalue weighted by molar-refractivity contribution is -0.134. The van der Waals surface area contributed by atoms with Crippen molar-refractivity contribution in [2.45, 2.75) is 13.1 Å². The second-order valence-electron chi connectivity index (χ2n) is 3.10. The van der Waals surface area contributed by atoms with Gasteiger partial charge in [0.15, 0.2) is 0 Å². The molecule has 0 spiro atoms. The highest BCUT2D eigenvalue weighted by Gasteiger charge is 2.07. The van der Waals surface area contributed by atoms with E-state index in [0.717, 1.165) is 0 Å². The van der Waals surface area contributed by atoms with E-state index < -0.39 is 12.1 Å². The highest BCUT2D eigenvalue weighted by atomic mass is 35.5. The first-order chi connectivity index (χ1) is 7.00. The molecule has 1 atom stereocenters. The molecule has 0 heterocycles. The van der Waals surface area contributed by atoms with E-state index in [0.29, 0.717) is 16.3 Å². The molecule has 0 saturated heterocycles. The summed E-state index contributed by atoms with van der Waals surface area (Å²) in [6.07, 6.45) is -1.09. The highest BCUT2D eigenvalue weighted by molar-refractivity contribution is 6.33. The van der Waals surface area contributed by atoms with E-state index in [1.807, 2.05) is 0 Å². The van der Waals surface area contributed by atoms with E-state index in [2.05, 4.69) is 5.32 Å². The van der Waals surface area contributed by atoms with Crippen LogP contribution in [0.4, 0.5) is 10.1 Å². The SMILES string of the molecule is CC(F)c1ccc(NCC(=O)O)c(Cl)c1. The van der Waals surface area contributed by atoms with E-state index in [-0.39, 0.29) is 6.54 Å². The van der Waals surface area contributed by atoms with Crippen LogP contribution < -0.4 is 5.32 Å². The Balaban J connectivity index is 2.79. The number of carbonyl (C=O) groups is 1. The number of benzene rings is 1. The maximum atomic E-state index is 12.9. The predicted octanol–water partition coefficient (Wildman–Crippen LogP) is 2.87.